The summed E-state index contributed by atoms with van der Waals surface area (Å²) in [5, 5.41) is 9.15. The SMILES string of the molecule is CC(C)C(C#N)C(=O)N1CCCN2CCCC2C1. The lowest BCUT2D eigenvalue weighted by Crippen LogP contribution is -2.43. The molecular weight excluding hydrogens is 226 g/mol. The van der Waals surface area contributed by atoms with Crippen LogP contribution in [0.2, 0.25) is 0 Å². The molecule has 2 unspecified atom stereocenters. The van der Waals surface area contributed by atoms with Crippen LogP contribution in [0.15, 0.2) is 0 Å². The van der Waals surface area contributed by atoms with Crippen molar-refractivity contribution in [2.24, 2.45) is 11.8 Å². The Bertz CT molecular complexity index is 347. The van der Waals surface area contributed by atoms with Gasteiger partial charge in [0.25, 0.3) is 0 Å². The van der Waals surface area contributed by atoms with E-state index in [0.29, 0.717) is 6.04 Å². The van der Waals surface area contributed by atoms with E-state index in [-0.39, 0.29) is 11.8 Å². The Balaban J connectivity index is 2.03. The average Bonchev–Trinajstić information content (AvgIpc) is 2.66. The summed E-state index contributed by atoms with van der Waals surface area (Å²) in [6, 6.07) is 2.70. The van der Waals surface area contributed by atoms with E-state index in [1.165, 1.54) is 19.4 Å². The topological polar surface area (TPSA) is 47.3 Å². The molecule has 4 heteroatoms. The molecule has 2 heterocycles. The Labute approximate surface area is 110 Å². The highest BCUT2D eigenvalue weighted by Gasteiger charge is 2.33. The van der Waals surface area contributed by atoms with Crippen molar-refractivity contribution in [3.63, 3.8) is 0 Å². The molecule has 4 nitrogen and oxygen atoms in total. The zero-order valence-electron chi connectivity index (χ0n) is 11.4. The first-order valence-corrected chi connectivity index (χ1v) is 7.06. The number of amides is 1. The van der Waals surface area contributed by atoms with Crippen molar-refractivity contribution >= 4 is 5.91 Å². The average molecular weight is 249 g/mol. The van der Waals surface area contributed by atoms with Crippen molar-refractivity contribution in [1.29, 1.82) is 5.26 Å². The first kappa shape index (κ1) is 13.4. The molecule has 0 saturated carbocycles. The summed E-state index contributed by atoms with van der Waals surface area (Å²) in [6.07, 6.45) is 3.49. The minimum atomic E-state index is -0.474. The second kappa shape index (κ2) is 5.71. The summed E-state index contributed by atoms with van der Waals surface area (Å²) in [5.74, 6) is -0.329. The number of carbonyl (C=O) groups excluding carboxylic acids is 1. The molecule has 2 aliphatic rings. The number of fused-ring (bicyclic) bond motifs is 1. The quantitative estimate of drug-likeness (QED) is 0.744. The summed E-state index contributed by atoms with van der Waals surface area (Å²) in [6.45, 7) is 7.82. The molecule has 18 heavy (non-hydrogen) atoms. The van der Waals surface area contributed by atoms with Gasteiger partial charge in [0.1, 0.15) is 5.92 Å². The van der Waals surface area contributed by atoms with E-state index in [1.54, 1.807) is 0 Å². The van der Waals surface area contributed by atoms with Crippen molar-refractivity contribution in [1.82, 2.24) is 9.80 Å². The molecule has 2 rings (SSSR count). The molecule has 2 aliphatic heterocycles. The number of hydrogen-bond acceptors (Lipinski definition) is 3. The van der Waals surface area contributed by atoms with Crippen molar-refractivity contribution in [2.45, 2.75) is 39.2 Å². The van der Waals surface area contributed by atoms with E-state index in [1.807, 2.05) is 18.7 Å². The fourth-order valence-corrected chi connectivity index (χ4v) is 3.09. The first-order chi connectivity index (χ1) is 8.63. The highest BCUT2D eigenvalue weighted by Crippen LogP contribution is 2.23. The van der Waals surface area contributed by atoms with Gasteiger partial charge in [0, 0.05) is 25.7 Å². The molecule has 0 radical (unpaired) electrons. The minimum absolute atomic E-state index is 0.0428. The molecule has 0 bridgehead atoms. The molecule has 2 saturated heterocycles. The monoisotopic (exact) mass is 249 g/mol. The Morgan fingerprint density at radius 1 is 1.28 bits per heavy atom. The molecule has 0 N–H and O–H groups in total. The fraction of sp³-hybridized carbons (Fsp3) is 0.857. The van der Waals surface area contributed by atoms with Gasteiger partial charge in [0.15, 0.2) is 0 Å². The number of nitriles is 1. The maximum absolute atomic E-state index is 12.4. The van der Waals surface area contributed by atoms with Gasteiger partial charge in [-0.1, -0.05) is 13.8 Å². The van der Waals surface area contributed by atoms with Gasteiger partial charge in [0.2, 0.25) is 5.91 Å². The minimum Gasteiger partial charge on any atom is -0.340 e. The molecule has 100 valence electrons. The van der Waals surface area contributed by atoms with E-state index in [4.69, 9.17) is 5.26 Å². The molecule has 0 aromatic rings. The van der Waals surface area contributed by atoms with Crippen LogP contribution in [0, 0.1) is 23.2 Å². The second-order valence-corrected chi connectivity index (χ2v) is 5.82. The summed E-state index contributed by atoms with van der Waals surface area (Å²) < 4.78 is 0. The number of hydrogen-bond donors (Lipinski definition) is 0. The Morgan fingerprint density at radius 3 is 2.67 bits per heavy atom. The van der Waals surface area contributed by atoms with Gasteiger partial charge in [-0.05, 0) is 31.7 Å². The highest BCUT2D eigenvalue weighted by atomic mass is 16.2. The smallest absolute Gasteiger partial charge is 0.240 e. The van der Waals surface area contributed by atoms with Crippen molar-refractivity contribution in [2.75, 3.05) is 26.2 Å². The standard InChI is InChI=1S/C14H23N3O/c1-11(2)13(9-15)14(18)17-8-4-7-16-6-3-5-12(16)10-17/h11-13H,3-8,10H2,1-2H3. The van der Waals surface area contributed by atoms with Gasteiger partial charge >= 0.3 is 0 Å². The summed E-state index contributed by atoms with van der Waals surface area (Å²) >= 11 is 0. The normalized spacial score (nSPS) is 26.6. The molecule has 0 aliphatic carbocycles. The molecule has 0 aromatic carbocycles. The van der Waals surface area contributed by atoms with E-state index in [2.05, 4.69) is 11.0 Å². The lowest BCUT2D eigenvalue weighted by Gasteiger charge is -2.28. The lowest BCUT2D eigenvalue weighted by atomic mass is 9.95. The Morgan fingerprint density at radius 2 is 2.00 bits per heavy atom. The fourth-order valence-electron chi connectivity index (χ4n) is 3.09. The third-order valence-electron chi connectivity index (χ3n) is 4.19. The van der Waals surface area contributed by atoms with Crippen molar-refractivity contribution < 1.29 is 4.79 Å². The Kier molecular flexibility index (Phi) is 4.23. The lowest BCUT2D eigenvalue weighted by molar-refractivity contribution is -0.135. The third-order valence-corrected chi connectivity index (χ3v) is 4.19. The number of nitrogens with zero attached hydrogens (tertiary/aromatic N) is 3. The molecule has 0 spiro atoms. The first-order valence-electron chi connectivity index (χ1n) is 7.06. The van der Waals surface area contributed by atoms with E-state index >= 15 is 0 Å². The van der Waals surface area contributed by atoms with Crippen LogP contribution in [-0.4, -0.2) is 47.9 Å². The van der Waals surface area contributed by atoms with Gasteiger partial charge in [-0.15, -0.1) is 0 Å². The molecular formula is C14H23N3O. The highest BCUT2D eigenvalue weighted by molar-refractivity contribution is 5.81. The number of rotatable bonds is 2. The predicted molar refractivity (Wildman–Crippen MR) is 69.7 cm³/mol. The predicted octanol–water partition coefficient (Wildman–Crippen LogP) is 1.48. The summed E-state index contributed by atoms with van der Waals surface area (Å²) in [4.78, 5) is 16.8. The van der Waals surface area contributed by atoms with Crippen LogP contribution in [0.25, 0.3) is 0 Å². The zero-order chi connectivity index (χ0) is 13.1. The maximum Gasteiger partial charge on any atom is 0.240 e. The van der Waals surface area contributed by atoms with E-state index < -0.39 is 5.92 Å². The largest absolute Gasteiger partial charge is 0.340 e. The van der Waals surface area contributed by atoms with Crippen LogP contribution in [-0.2, 0) is 4.79 Å². The summed E-state index contributed by atoms with van der Waals surface area (Å²) in [7, 11) is 0. The van der Waals surface area contributed by atoms with Crippen LogP contribution < -0.4 is 0 Å². The van der Waals surface area contributed by atoms with E-state index in [0.717, 1.165) is 26.1 Å². The Hall–Kier alpha value is -1.08. The number of carbonyl (C=O) groups is 1. The van der Waals surface area contributed by atoms with Gasteiger partial charge in [-0.25, -0.2) is 0 Å². The van der Waals surface area contributed by atoms with Gasteiger partial charge < -0.3 is 4.90 Å². The van der Waals surface area contributed by atoms with Crippen LogP contribution in [0.1, 0.15) is 33.1 Å². The van der Waals surface area contributed by atoms with Crippen LogP contribution in [0.5, 0.6) is 0 Å². The maximum atomic E-state index is 12.4. The van der Waals surface area contributed by atoms with Crippen LogP contribution in [0.4, 0.5) is 0 Å². The molecule has 2 fully saturated rings. The third kappa shape index (κ3) is 2.67. The van der Waals surface area contributed by atoms with Gasteiger partial charge in [-0.2, -0.15) is 5.26 Å². The van der Waals surface area contributed by atoms with Crippen molar-refractivity contribution in [3.8, 4) is 6.07 Å². The summed E-state index contributed by atoms with van der Waals surface area (Å²) in [5.41, 5.74) is 0. The molecule has 1 amide bonds. The second-order valence-electron chi connectivity index (χ2n) is 5.82. The van der Waals surface area contributed by atoms with E-state index in [9.17, 15) is 4.79 Å². The zero-order valence-corrected chi connectivity index (χ0v) is 11.4. The van der Waals surface area contributed by atoms with Crippen molar-refractivity contribution in [3.05, 3.63) is 0 Å². The van der Waals surface area contributed by atoms with Crippen LogP contribution >= 0.6 is 0 Å². The molecule has 2 atom stereocenters. The van der Waals surface area contributed by atoms with Gasteiger partial charge in [-0.3, -0.25) is 9.69 Å². The van der Waals surface area contributed by atoms with Gasteiger partial charge in [0.05, 0.1) is 6.07 Å². The van der Waals surface area contributed by atoms with Crippen LogP contribution in [0.3, 0.4) is 0 Å². The molecule has 0 aromatic heterocycles.